The van der Waals surface area contributed by atoms with E-state index in [4.69, 9.17) is 0 Å². The minimum atomic E-state index is -0.0852. The smallest absolute Gasteiger partial charge is 0.223 e. The van der Waals surface area contributed by atoms with Crippen LogP contribution in [0.3, 0.4) is 0 Å². The minimum absolute atomic E-state index is 0.0852. The Morgan fingerprint density at radius 1 is 0.870 bits per heavy atom. The van der Waals surface area contributed by atoms with Gasteiger partial charge in [0.05, 0.1) is 11.7 Å². The fourth-order valence-corrected chi connectivity index (χ4v) is 2.55. The van der Waals surface area contributed by atoms with Crippen LogP contribution in [0.4, 0.5) is 5.95 Å². The maximum absolute atomic E-state index is 4.50. The summed E-state index contributed by atoms with van der Waals surface area (Å²) in [7, 11) is 0. The molecule has 4 nitrogen and oxygen atoms in total. The van der Waals surface area contributed by atoms with Crippen molar-refractivity contribution in [2.24, 2.45) is 0 Å². The number of nitrogens with one attached hydrogen (secondary N) is 1. The highest BCUT2D eigenvalue weighted by Crippen LogP contribution is 2.24. The zero-order valence-electron chi connectivity index (χ0n) is 13.6. The van der Waals surface area contributed by atoms with Crippen LogP contribution < -0.4 is 5.32 Å². The average molecular weight is 304 g/mol. The van der Waals surface area contributed by atoms with E-state index < -0.39 is 0 Å². The maximum Gasteiger partial charge on any atom is 0.223 e. The molecule has 2 aromatic heterocycles. The van der Waals surface area contributed by atoms with Gasteiger partial charge in [0, 0.05) is 17.6 Å². The summed E-state index contributed by atoms with van der Waals surface area (Å²) in [6.45, 7) is 6.03. The molecular formula is C19H20N4. The third kappa shape index (κ3) is 3.72. The quantitative estimate of drug-likeness (QED) is 0.791. The third-order valence-electron chi connectivity index (χ3n) is 3.65. The highest BCUT2D eigenvalue weighted by Gasteiger charge is 2.16. The second-order valence-electron chi connectivity index (χ2n) is 5.72. The number of nitrogens with zero attached hydrogens (tertiary/aromatic N) is 3. The van der Waals surface area contributed by atoms with E-state index in [1.807, 2.05) is 38.1 Å². The van der Waals surface area contributed by atoms with Crippen LogP contribution in [0.25, 0.3) is 0 Å². The van der Waals surface area contributed by atoms with Crippen LogP contribution in [0.5, 0.6) is 0 Å². The number of aryl methyl sites for hydroxylation is 3. The van der Waals surface area contributed by atoms with E-state index in [1.54, 1.807) is 6.20 Å². The molecule has 4 heteroatoms. The second-order valence-corrected chi connectivity index (χ2v) is 5.72. The summed E-state index contributed by atoms with van der Waals surface area (Å²) in [5.74, 6) is 0.624. The van der Waals surface area contributed by atoms with Crippen LogP contribution in [-0.2, 0) is 0 Å². The van der Waals surface area contributed by atoms with Crippen molar-refractivity contribution < 1.29 is 0 Å². The Bertz CT molecular complexity index is 762. The van der Waals surface area contributed by atoms with Crippen molar-refractivity contribution in [3.63, 3.8) is 0 Å². The fraction of sp³-hybridized carbons (Fsp3) is 0.211. The van der Waals surface area contributed by atoms with Crippen molar-refractivity contribution in [3.8, 4) is 0 Å². The van der Waals surface area contributed by atoms with E-state index in [2.05, 4.69) is 51.5 Å². The first kappa shape index (κ1) is 15.2. The Morgan fingerprint density at radius 2 is 1.57 bits per heavy atom. The molecule has 1 unspecified atom stereocenters. The predicted molar refractivity (Wildman–Crippen MR) is 92.4 cm³/mol. The van der Waals surface area contributed by atoms with Gasteiger partial charge < -0.3 is 5.32 Å². The molecule has 0 amide bonds. The van der Waals surface area contributed by atoms with Crippen molar-refractivity contribution in [1.82, 2.24) is 15.0 Å². The van der Waals surface area contributed by atoms with E-state index in [1.165, 1.54) is 5.56 Å². The SMILES string of the molecule is Cc1ccc(C(Nc2nc(C)cc(C)n2)c2ccccn2)cc1. The molecule has 0 saturated carbocycles. The molecule has 0 aliphatic rings. The molecule has 1 atom stereocenters. The molecule has 1 N–H and O–H groups in total. The molecule has 2 heterocycles. The van der Waals surface area contributed by atoms with E-state index in [0.717, 1.165) is 22.6 Å². The number of anilines is 1. The summed E-state index contributed by atoms with van der Waals surface area (Å²) in [5.41, 5.74) is 5.21. The molecule has 0 fully saturated rings. The van der Waals surface area contributed by atoms with Gasteiger partial charge in [-0.25, -0.2) is 9.97 Å². The van der Waals surface area contributed by atoms with Crippen LogP contribution in [0.1, 0.15) is 34.3 Å². The number of hydrogen-bond donors (Lipinski definition) is 1. The number of hydrogen-bond acceptors (Lipinski definition) is 4. The highest BCUT2D eigenvalue weighted by atomic mass is 15.1. The molecule has 3 aromatic rings. The first-order valence-electron chi connectivity index (χ1n) is 7.68. The molecule has 116 valence electrons. The fourth-order valence-electron chi connectivity index (χ4n) is 2.55. The largest absolute Gasteiger partial charge is 0.342 e. The van der Waals surface area contributed by atoms with Gasteiger partial charge in [0.15, 0.2) is 0 Å². The summed E-state index contributed by atoms with van der Waals surface area (Å²) in [6.07, 6.45) is 1.81. The molecular weight excluding hydrogens is 284 g/mol. The lowest BCUT2D eigenvalue weighted by molar-refractivity contribution is 0.858. The van der Waals surface area contributed by atoms with E-state index in [-0.39, 0.29) is 6.04 Å². The molecule has 0 aliphatic heterocycles. The Morgan fingerprint density at radius 3 is 2.17 bits per heavy atom. The van der Waals surface area contributed by atoms with Crippen molar-refractivity contribution >= 4 is 5.95 Å². The molecule has 0 saturated heterocycles. The van der Waals surface area contributed by atoms with Gasteiger partial charge in [0.2, 0.25) is 5.95 Å². The molecule has 1 aromatic carbocycles. The van der Waals surface area contributed by atoms with Crippen LogP contribution >= 0.6 is 0 Å². The Balaban J connectivity index is 2.00. The standard InChI is InChI=1S/C19H20N4/c1-13-7-9-16(10-8-13)18(17-6-4-5-11-20-17)23-19-21-14(2)12-15(3)22-19/h4-12,18H,1-3H3,(H,21,22,23). The molecule has 0 aliphatic carbocycles. The Hall–Kier alpha value is -2.75. The van der Waals surface area contributed by atoms with Crippen LogP contribution in [0.2, 0.25) is 0 Å². The normalized spacial score (nSPS) is 12.0. The lowest BCUT2D eigenvalue weighted by Crippen LogP contribution is -2.16. The zero-order chi connectivity index (χ0) is 16.2. The predicted octanol–water partition coefficient (Wildman–Crippen LogP) is 4.00. The van der Waals surface area contributed by atoms with Gasteiger partial charge in [0.1, 0.15) is 0 Å². The van der Waals surface area contributed by atoms with Crippen molar-refractivity contribution in [3.05, 3.63) is 82.9 Å². The molecule has 23 heavy (non-hydrogen) atoms. The molecule has 0 spiro atoms. The molecule has 0 bridgehead atoms. The topological polar surface area (TPSA) is 50.7 Å². The monoisotopic (exact) mass is 304 g/mol. The van der Waals surface area contributed by atoms with E-state index in [0.29, 0.717) is 5.95 Å². The van der Waals surface area contributed by atoms with E-state index >= 15 is 0 Å². The van der Waals surface area contributed by atoms with Gasteiger partial charge in [-0.05, 0) is 44.5 Å². The maximum atomic E-state index is 4.50. The number of aromatic nitrogens is 3. The van der Waals surface area contributed by atoms with Crippen molar-refractivity contribution in [1.29, 1.82) is 0 Å². The van der Waals surface area contributed by atoms with Gasteiger partial charge in [-0.1, -0.05) is 35.9 Å². The molecule has 0 radical (unpaired) electrons. The minimum Gasteiger partial charge on any atom is -0.342 e. The zero-order valence-corrected chi connectivity index (χ0v) is 13.6. The first-order chi connectivity index (χ1) is 11.1. The Labute approximate surface area is 136 Å². The average Bonchev–Trinajstić information content (AvgIpc) is 2.53. The number of pyridine rings is 1. The third-order valence-corrected chi connectivity index (χ3v) is 3.65. The summed E-state index contributed by atoms with van der Waals surface area (Å²) < 4.78 is 0. The highest BCUT2D eigenvalue weighted by molar-refractivity contribution is 5.40. The number of rotatable bonds is 4. The van der Waals surface area contributed by atoms with Crippen molar-refractivity contribution in [2.75, 3.05) is 5.32 Å². The lowest BCUT2D eigenvalue weighted by atomic mass is 10.0. The van der Waals surface area contributed by atoms with Crippen LogP contribution in [0, 0.1) is 20.8 Å². The summed E-state index contributed by atoms with van der Waals surface area (Å²) in [5, 5.41) is 3.43. The van der Waals surface area contributed by atoms with Crippen molar-refractivity contribution in [2.45, 2.75) is 26.8 Å². The lowest BCUT2D eigenvalue weighted by Gasteiger charge is -2.19. The van der Waals surface area contributed by atoms with Gasteiger partial charge in [-0.3, -0.25) is 4.98 Å². The first-order valence-corrected chi connectivity index (χ1v) is 7.68. The Kier molecular flexibility index (Phi) is 4.33. The van der Waals surface area contributed by atoms with Crippen LogP contribution in [0.15, 0.2) is 54.7 Å². The number of benzene rings is 1. The second kappa shape index (κ2) is 6.57. The van der Waals surface area contributed by atoms with Gasteiger partial charge >= 0.3 is 0 Å². The van der Waals surface area contributed by atoms with Gasteiger partial charge in [-0.2, -0.15) is 0 Å². The van der Waals surface area contributed by atoms with Gasteiger partial charge in [-0.15, -0.1) is 0 Å². The van der Waals surface area contributed by atoms with Crippen LogP contribution in [-0.4, -0.2) is 15.0 Å². The van der Waals surface area contributed by atoms with E-state index in [9.17, 15) is 0 Å². The summed E-state index contributed by atoms with van der Waals surface area (Å²) in [6, 6.07) is 16.3. The van der Waals surface area contributed by atoms with Gasteiger partial charge in [0.25, 0.3) is 0 Å². The summed E-state index contributed by atoms with van der Waals surface area (Å²) >= 11 is 0. The summed E-state index contributed by atoms with van der Waals surface area (Å²) in [4.78, 5) is 13.5. The molecule has 3 rings (SSSR count).